The second-order valence-electron chi connectivity index (χ2n) is 5.87. The third kappa shape index (κ3) is 2.96. The fourth-order valence-corrected chi connectivity index (χ4v) is 2.58. The monoisotopic (exact) mass is 285 g/mol. The van der Waals surface area contributed by atoms with Gasteiger partial charge in [0.05, 0.1) is 5.56 Å². The Hall–Kier alpha value is -2.17. The number of H-pyrrole nitrogens is 1. The molecular weight excluding hydrogens is 266 g/mol. The molecule has 0 unspecified atom stereocenters. The molecule has 0 saturated heterocycles. The topological polar surface area (TPSA) is 71.8 Å². The largest absolute Gasteiger partial charge is 0.334 e. The van der Waals surface area contributed by atoms with Crippen LogP contribution in [0.5, 0.6) is 0 Å². The summed E-state index contributed by atoms with van der Waals surface area (Å²) in [5.74, 6) is 1.39. The molecule has 0 fully saturated rings. The molecule has 21 heavy (non-hydrogen) atoms. The lowest BCUT2D eigenvalue weighted by Gasteiger charge is -2.04. The predicted molar refractivity (Wildman–Crippen MR) is 80.7 cm³/mol. The maximum atomic E-state index is 12.2. The highest BCUT2D eigenvalue weighted by Gasteiger charge is 2.17. The zero-order valence-corrected chi connectivity index (χ0v) is 12.3. The minimum atomic E-state index is -0.166. The maximum absolute atomic E-state index is 12.2. The van der Waals surface area contributed by atoms with Crippen LogP contribution in [0.1, 0.15) is 44.7 Å². The quantitative estimate of drug-likeness (QED) is 0.936. The van der Waals surface area contributed by atoms with Crippen molar-refractivity contribution in [3.05, 3.63) is 40.1 Å². The van der Waals surface area contributed by atoms with Gasteiger partial charge in [-0.25, -0.2) is 0 Å². The zero-order chi connectivity index (χ0) is 14.8. The van der Waals surface area contributed by atoms with E-state index in [1.165, 1.54) is 0 Å². The molecule has 0 bridgehead atoms. The molecule has 0 radical (unpaired) electrons. The molecule has 0 amide bonds. The number of aromatic amines is 1. The highest BCUT2D eigenvalue weighted by atomic mass is 16.5. The standard InChI is InChI=1S/C16H19N3O2/c1-10(2)9-12-7-8-13(15(20)17-12)14-18-16(21-19-14)11-5-3-4-6-11/h5,7-8,10H,3-4,6,9H2,1-2H3,(H,17,20). The van der Waals surface area contributed by atoms with Crippen molar-refractivity contribution in [1.82, 2.24) is 15.1 Å². The highest BCUT2D eigenvalue weighted by Crippen LogP contribution is 2.27. The van der Waals surface area contributed by atoms with Gasteiger partial charge in [0.2, 0.25) is 5.82 Å². The van der Waals surface area contributed by atoms with Gasteiger partial charge in [-0.2, -0.15) is 4.98 Å². The van der Waals surface area contributed by atoms with Crippen LogP contribution in [0.15, 0.2) is 27.5 Å². The molecule has 0 spiro atoms. The first-order valence-corrected chi connectivity index (χ1v) is 7.39. The van der Waals surface area contributed by atoms with Crippen molar-refractivity contribution in [3.63, 3.8) is 0 Å². The smallest absolute Gasteiger partial charge is 0.259 e. The number of aromatic nitrogens is 3. The third-order valence-corrected chi connectivity index (χ3v) is 3.58. The van der Waals surface area contributed by atoms with Crippen molar-refractivity contribution in [2.75, 3.05) is 0 Å². The van der Waals surface area contributed by atoms with Crippen LogP contribution in [0.2, 0.25) is 0 Å². The second kappa shape index (κ2) is 5.68. The van der Waals surface area contributed by atoms with Crippen LogP contribution in [0.25, 0.3) is 17.0 Å². The van der Waals surface area contributed by atoms with Gasteiger partial charge in [-0.15, -0.1) is 0 Å². The Kier molecular flexibility index (Phi) is 3.73. The summed E-state index contributed by atoms with van der Waals surface area (Å²) in [5, 5.41) is 3.94. The van der Waals surface area contributed by atoms with Crippen molar-refractivity contribution < 1.29 is 4.52 Å². The number of hydrogen-bond acceptors (Lipinski definition) is 4. The minimum Gasteiger partial charge on any atom is -0.334 e. The maximum Gasteiger partial charge on any atom is 0.259 e. The first-order chi connectivity index (χ1) is 10.1. The van der Waals surface area contributed by atoms with Crippen molar-refractivity contribution in [3.8, 4) is 11.4 Å². The van der Waals surface area contributed by atoms with E-state index in [0.717, 1.165) is 37.0 Å². The Morgan fingerprint density at radius 1 is 1.38 bits per heavy atom. The number of hydrogen-bond donors (Lipinski definition) is 1. The number of pyridine rings is 1. The number of nitrogens with zero attached hydrogens (tertiary/aromatic N) is 2. The molecule has 1 aliphatic rings. The van der Waals surface area contributed by atoms with Gasteiger partial charge in [-0.1, -0.05) is 25.1 Å². The number of rotatable bonds is 4. The van der Waals surface area contributed by atoms with Gasteiger partial charge in [0.25, 0.3) is 11.4 Å². The summed E-state index contributed by atoms with van der Waals surface area (Å²) in [6.45, 7) is 4.24. The highest BCUT2D eigenvalue weighted by molar-refractivity contribution is 5.62. The van der Waals surface area contributed by atoms with Gasteiger partial charge in [0.15, 0.2) is 0 Å². The van der Waals surface area contributed by atoms with E-state index >= 15 is 0 Å². The van der Waals surface area contributed by atoms with Crippen molar-refractivity contribution >= 4 is 5.57 Å². The summed E-state index contributed by atoms with van der Waals surface area (Å²) < 4.78 is 5.27. The van der Waals surface area contributed by atoms with Gasteiger partial charge in [0, 0.05) is 11.3 Å². The first kappa shape index (κ1) is 13.8. The molecule has 5 heteroatoms. The fraction of sp³-hybridized carbons (Fsp3) is 0.438. The molecule has 2 aromatic rings. The van der Waals surface area contributed by atoms with E-state index < -0.39 is 0 Å². The molecule has 1 N–H and O–H groups in total. The molecule has 2 aromatic heterocycles. The van der Waals surface area contributed by atoms with Crippen LogP contribution in [-0.2, 0) is 6.42 Å². The Morgan fingerprint density at radius 3 is 2.90 bits per heavy atom. The molecule has 0 atom stereocenters. The summed E-state index contributed by atoms with van der Waals surface area (Å²) in [6, 6.07) is 3.69. The Balaban J connectivity index is 1.88. The Labute approximate surface area is 123 Å². The summed E-state index contributed by atoms with van der Waals surface area (Å²) in [6.07, 6.45) is 6.10. The van der Waals surface area contributed by atoms with Crippen molar-refractivity contribution in [1.29, 1.82) is 0 Å². The molecule has 2 heterocycles. The zero-order valence-electron chi connectivity index (χ0n) is 12.3. The van der Waals surface area contributed by atoms with Gasteiger partial charge in [-0.3, -0.25) is 4.79 Å². The third-order valence-electron chi connectivity index (χ3n) is 3.58. The Morgan fingerprint density at radius 2 is 2.24 bits per heavy atom. The SMILES string of the molecule is CC(C)Cc1ccc(-c2noc(C3=CCCC3)n2)c(=O)[nH]1. The average molecular weight is 285 g/mol. The predicted octanol–water partition coefficient (Wildman–Crippen LogP) is 3.19. The van der Waals surface area contributed by atoms with Crippen LogP contribution in [0, 0.1) is 5.92 Å². The summed E-state index contributed by atoms with van der Waals surface area (Å²) in [4.78, 5) is 19.4. The molecule has 0 aromatic carbocycles. The van der Waals surface area contributed by atoms with Gasteiger partial charge < -0.3 is 9.51 Å². The van der Waals surface area contributed by atoms with Crippen LogP contribution >= 0.6 is 0 Å². The summed E-state index contributed by atoms with van der Waals surface area (Å²) in [7, 11) is 0. The number of nitrogens with one attached hydrogen (secondary N) is 1. The molecular formula is C16H19N3O2. The lowest BCUT2D eigenvalue weighted by Crippen LogP contribution is -2.13. The van der Waals surface area contributed by atoms with E-state index in [4.69, 9.17) is 4.52 Å². The lowest BCUT2D eigenvalue weighted by atomic mass is 10.1. The number of allylic oxidation sites excluding steroid dienone is 2. The van der Waals surface area contributed by atoms with E-state index in [1.54, 1.807) is 6.07 Å². The van der Waals surface area contributed by atoms with Crippen LogP contribution in [-0.4, -0.2) is 15.1 Å². The van der Waals surface area contributed by atoms with E-state index in [1.807, 2.05) is 6.07 Å². The normalized spacial score (nSPS) is 14.7. The fourth-order valence-electron chi connectivity index (χ4n) is 2.58. The lowest BCUT2D eigenvalue weighted by molar-refractivity contribution is 0.407. The minimum absolute atomic E-state index is 0.166. The van der Waals surface area contributed by atoms with Crippen LogP contribution in [0.4, 0.5) is 0 Å². The summed E-state index contributed by atoms with van der Waals surface area (Å²) in [5.41, 5.74) is 2.31. The molecule has 3 rings (SSSR count). The van der Waals surface area contributed by atoms with E-state index in [0.29, 0.717) is 23.2 Å². The van der Waals surface area contributed by atoms with Crippen LogP contribution in [0.3, 0.4) is 0 Å². The summed E-state index contributed by atoms with van der Waals surface area (Å²) >= 11 is 0. The molecule has 1 aliphatic carbocycles. The molecule has 110 valence electrons. The van der Waals surface area contributed by atoms with Crippen LogP contribution < -0.4 is 5.56 Å². The van der Waals surface area contributed by atoms with Gasteiger partial charge in [0.1, 0.15) is 0 Å². The van der Waals surface area contributed by atoms with E-state index in [-0.39, 0.29) is 5.56 Å². The van der Waals surface area contributed by atoms with Gasteiger partial charge >= 0.3 is 0 Å². The molecule has 0 saturated carbocycles. The molecule has 5 nitrogen and oxygen atoms in total. The van der Waals surface area contributed by atoms with Crippen molar-refractivity contribution in [2.45, 2.75) is 39.5 Å². The van der Waals surface area contributed by atoms with Crippen molar-refractivity contribution in [2.24, 2.45) is 5.92 Å². The Bertz CT molecular complexity index is 725. The second-order valence-corrected chi connectivity index (χ2v) is 5.87. The van der Waals surface area contributed by atoms with E-state index in [2.05, 4.69) is 35.0 Å². The van der Waals surface area contributed by atoms with E-state index in [9.17, 15) is 4.79 Å². The average Bonchev–Trinajstić information content (AvgIpc) is 3.09. The molecule has 0 aliphatic heterocycles. The first-order valence-electron chi connectivity index (χ1n) is 7.39. The van der Waals surface area contributed by atoms with Gasteiger partial charge in [-0.05, 0) is 43.7 Å².